The van der Waals surface area contributed by atoms with E-state index in [1.807, 2.05) is 20.8 Å². The Morgan fingerprint density at radius 2 is 1.82 bits per heavy atom. The second-order valence-corrected chi connectivity index (χ2v) is 10.7. The van der Waals surface area contributed by atoms with Crippen LogP contribution in [0, 0.1) is 11.5 Å². The zero-order valence-corrected chi connectivity index (χ0v) is 13.4. The zero-order chi connectivity index (χ0) is 13.0. The second kappa shape index (κ2) is 7.05. The van der Waals surface area contributed by atoms with E-state index in [2.05, 4.69) is 31.1 Å². The quantitative estimate of drug-likeness (QED) is 0.479. The van der Waals surface area contributed by atoms with Gasteiger partial charge in [-0.05, 0) is 20.8 Å². The Morgan fingerprint density at radius 1 is 1.35 bits per heavy atom. The van der Waals surface area contributed by atoms with E-state index in [1.165, 1.54) is 0 Å². The molecule has 0 spiro atoms. The maximum absolute atomic E-state index is 11.4. The van der Waals surface area contributed by atoms with Gasteiger partial charge in [0.15, 0.2) is 0 Å². The molecule has 5 heteroatoms. The normalized spacial score (nSPS) is 12.9. The highest BCUT2D eigenvalue weighted by Crippen LogP contribution is 2.08. The summed E-state index contributed by atoms with van der Waals surface area (Å²) in [5.74, 6) is 2.64. The number of hydrogen-bond acceptors (Lipinski definition) is 3. The Bertz CT molecular complexity index is 307. The van der Waals surface area contributed by atoms with Crippen molar-refractivity contribution in [3.63, 3.8) is 0 Å². The van der Waals surface area contributed by atoms with Gasteiger partial charge in [-0.2, -0.15) is 0 Å². The number of ether oxygens (including phenoxy) is 1. The first kappa shape index (κ1) is 18.9. The number of hydrogen-bond donors (Lipinski definition) is 1. The summed E-state index contributed by atoms with van der Waals surface area (Å²) in [7, 11) is -1.41. The smallest absolute Gasteiger partial charge is 0.308 e. The van der Waals surface area contributed by atoms with Gasteiger partial charge >= 0.3 is 5.97 Å². The summed E-state index contributed by atoms with van der Waals surface area (Å²) in [5.41, 5.74) is 8.44. The standard InChI is InChI=1S/C12H23NO2Si.ClH/c1-12(2,3)15-11(14)9-10(13)7-8-16(4,5)6;/h10H,9,13H2,1-6H3;1H. The molecule has 0 aromatic rings. The predicted molar refractivity (Wildman–Crippen MR) is 76.8 cm³/mol. The molecule has 0 aliphatic carbocycles. The minimum Gasteiger partial charge on any atom is -0.460 e. The maximum Gasteiger partial charge on any atom is 0.308 e. The average molecular weight is 278 g/mol. The fraction of sp³-hybridized carbons (Fsp3) is 0.750. The summed E-state index contributed by atoms with van der Waals surface area (Å²) < 4.78 is 5.16. The Balaban J connectivity index is 0. The van der Waals surface area contributed by atoms with E-state index in [0.29, 0.717) is 0 Å². The van der Waals surface area contributed by atoms with Gasteiger partial charge in [0.25, 0.3) is 0 Å². The first-order valence-corrected chi connectivity index (χ1v) is 9.00. The number of carbonyl (C=O) groups is 1. The Morgan fingerprint density at radius 3 is 2.18 bits per heavy atom. The van der Waals surface area contributed by atoms with Crippen molar-refractivity contribution in [1.82, 2.24) is 0 Å². The summed E-state index contributed by atoms with van der Waals surface area (Å²) in [6.45, 7) is 11.9. The lowest BCUT2D eigenvalue weighted by atomic mass is 10.2. The van der Waals surface area contributed by atoms with Gasteiger partial charge in [-0.25, -0.2) is 0 Å². The van der Waals surface area contributed by atoms with Crippen molar-refractivity contribution in [3.05, 3.63) is 0 Å². The molecule has 0 amide bonds. The van der Waals surface area contributed by atoms with Crippen LogP contribution in [0.15, 0.2) is 0 Å². The second-order valence-electron chi connectivity index (χ2n) is 5.92. The molecule has 0 aromatic carbocycles. The molecule has 0 fully saturated rings. The topological polar surface area (TPSA) is 52.3 Å². The maximum atomic E-state index is 11.4. The van der Waals surface area contributed by atoms with Crippen LogP contribution >= 0.6 is 12.4 Å². The van der Waals surface area contributed by atoms with Crippen LogP contribution in [0.4, 0.5) is 0 Å². The molecule has 100 valence electrons. The SMILES string of the molecule is CC(C)(C)OC(=O)CC(N)C#C[Si](C)(C)C.Cl. The molecule has 0 rings (SSSR count). The first-order chi connectivity index (χ1) is 6.99. The van der Waals surface area contributed by atoms with Crippen LogP contribution < -0.4 is 5.73 Å². The summed E-state index contributed by atoms with van der Waals surface area (Å²) in [5, 5.41) is 0. The van der Waals surface area contributed by atoms with Crippen LogP contribution in [-0.2, 0) is 9.53 Å². The van der Waals surface area contributed by atoms with E-state index in [9.17, 15) is 4.79 Å². The molecule has 0 saturated heterocycles. The van der Waals surface area contributed by atoms with Gasteiger partial charge in [-0.15, -0.1) is 18.0 Å². The Hall–Kier alpha value is -0.503. The van der Waals surface area contributed by atoms with Crippen molar-refractivity contribution in [3.8, 4) is 11.5 Å². The summed E-state index contributed by atoms with van der Waals surface area (Å²) in [6.07, 6.45) is 0.161. The van der Waals surface area contributed by atoms with E-state index >= 15 is 0 Å². The summed E-state index contributed by atoms with van der Waals surface area (Å²) in [4.78, 5) is 11.4. The van der Waals surface area contributed by atoms with Crippen LogP contribution in [0.2, 0.25) is 19.6 Å². The number of esters is 1. The summed E-state index contributed by atoms with van der Waals surface area (Å²) in [6, 6.07) is -0.415. The average Bonchev–Trinajstić information content (AvgIpc) is 1.95. The molecule has 1 atom stereocenters. The molecule has 0 heterocycles. The third kappa shape index (κ3) is 13.4. The molecule has 0 aliphatic rings. The van der Waals surface area contributed by atoms with Gasteiger partial charge in [-0.3, -0.25) is 4.79 Å². The number of rotatable bonds is 2. The van der Waals surface area contributed by atoms with Crippen molar-refractivity contribution >= 4 is 26.5 Å². The highest BCUT2D eigenvalue weighted by atomic mass is 35.5. The van der Waals surface area contributed by atoms with Crippen molar-refractivity contribution in [1.29, 1.82) is 0 Å². The van der Waals surface area contributed by atoms with E-state index in [-0.39, 0.29) is 24.8 Å². The summed E-state index contributed by atoms with van der Waals surface area (Å²) >= 11 is 0. The van der Waals surface area contributed by atoms with Gasteiger partial charge in [0.2, 0.25) is 0 Å². The van der Waals surface area contributed by atoms with Crippen molar-refractivity contribution in [2.45, 2.75) is 58.5 Å². The number of carbonyl (C=O) groups excluding carboxylic acids is 1. The third-order valence-corrected chi connectivity index (χ3v) is 2.33. The molecule has 17 heavy (non-hydrogen) atoms. The van der Waals surface area contributed by atoms with Crippen LogP contribution in [0.3, 0.4) is 0 Å². The van der Waals surface area contributed by atoms with E-state index in [0.717, 1.165) is 0 Å². The third-order valence-electron chi connectivity index (χ3n) is 1.44. The zero-order valence-electron chi connectivity index (χ0n) is 11.6. The molecule has 2 N–H and O–H groups in total. The molecule has 1 unspecified atom stereocenters. The first-order valence-electron chi connectivity index (χ1n) is 5.50. The van der Waals surface area contributed by atoms with Gasteiger partial charge in [0, 0.05) is 0 Å². The van der Waals surface area contributed by atoms with Gasteiger partial charge in [0.1, 0.15) is 13.7 Å². The van der Waals surface area contributed by atoms with Crippen LogP contribution in [0.5, 0.6) is 0 Å². The lowest BCUT2D eigenvalue weighted by Gasteiger charge is -2.20. The van der Waals surface area contributed by atoms with Crippen LogP contribution in [0.1, 0.15) is 27.2 Å². The van der Waals surface area contributed by atoms with E-state index in [4.69, 9.17) is 10.5 Å². The minimum absolute atomic E-state index is 0. The minimum atomic E-state index is -1.41. The van der Waals surface area contributed by atoms with Crippen LogP contribution in [-0.4, -0.2) is 25.7 Å². The van der Waals surface area contributed by atoms with Crippen LogP contribution in [0.25, 0.3) is 0 Å². The molecule has 0 bridgehead atoms. The van der Waals surface area contributed by atoms with E-state index in [1.54, 1.807) is 0 Å². The molecule has 0 aliphatic heterocycles. The molecular weight excluding hydrogens is 254 g/mol. The predicted octanol–water partition coefficient (Wildman–Crippen LogP) is 2.35. The van der Waals surface area contributed by atoms with Crippen molar-refractivity contribution in [2.24, 2.45) is 5.73 Å². The number of halogens is 1. The molecule has 0 aromatic heterocycles. The molecule has 3 nitrogen and oxygen atoms in total. The van der Waals surface area contributed by atoms with Gasteiger partial charge < -0.3 is 10.5 Å². The fourth-order valence-corrected chi connectivity index (χ4v) is 1.54. The fourth-order valence-electron chi connectivity index (χ4n) is 0.923. The number of nitrogens with two attached hydrogens (primary N) is 1. The lowest BCUT2D eigenvalue weighted by molar-refractivity contribution is -0.154. The lowest BCUT2D eigenvalue weighted by Crippen LogP contribution is -2.30. The Labute approximate surface area is 112 Å². The van der Waals surface area contributed by atoms with Gasteiger partial charge in [-0.1, -0.05) is 25.6 Å². The highest BCUT2D eigenvalue weighted by Gasteiger charge is 2.18. The van der Waals surface area contributed by atoms with Gasteiger partial charge in [0.05, 0.1) is 12.5 Å². The highest BCUT2D eigenvalue weighted by molar-refractivity contribution is 6.83. The van der Waals surface area contributed by atoms with E-state index < -0.39 is 19.7 Å². The largest absolute Gasteiger partial charge is 0.460 e. The molecule has 0 saturated carbocycles. The Kier molecular flexibility index (Phi) is 7.82. The van der Waals surface area contributed by atoms with Crippen molar-refractivity contribution in [2.75, 3.05) is 0 Å². The van der Waals surface area contributed by atoms with Crippen molar-refractivity contribution < 1.29 is 9.53 Å². The molecular formula is C12H24ClNO2Si. The monoisotopic (exact) mass is 277 g/mol. The molecule has 0 radical (unpaired) electrons.